The Bertz CT molecular complexity index is 2450. The number of aromatic amines is 1. The fraction of sp³-hybridized carbons (Fsp3) is 0.400. The number of aryl methyl sites for hydroxylation is 1. The minimum absolute atomic E-state index is 0.00726. The molecule has 5 amide bonds. The van der Waals surface area contributed by atoms with Crippen LogP contribution in [-0.2, 0) is 26.2 Å². The molecule has 3 aliphatic heterocycles. The first kappa shape index (κ1) is 38.6. The van der Waals surface area contributed by atoms with E-state index in [1.807, 2.05) is 12.1 Å². The third kappa shape index (κ3) is 6.70. The van der Waals surface area contributed by atoms with E-state index in [4.69, 9.17) is 0 Å². The van der Waals surface area contributed by atoms with Gasteiger partial charge in [-0.1, -0.05) is 39.3 Å². The van der Waals surface area contributed by atoms with Gasteiger partial charge in [-0.25, -0.2) is 0 Å². The summed E-state index contributed by atoms with van der Waals surface area (Å²) in [5.41, 5.74) is 7.41. The molecular formula is C45H47N7O6. The number of nitrogens with zero attached hydrogens (tertiary/aromatic N) is 3. The molecule has 0 spiro atoms. The van der Waals surface area contributed by atoms with Crippen molar-refractivity contribution in [1.29, 1.82) is 5.26 Å². The van der Waals surface area contributed by atoms with Gasteiger partial charge < -0.3 is 20.5 Å². The highest BCUT2D eigenvalue weighted by Gasteiger charge is 2.46. The number of unbranched alkanes of at least 4 members (excludes halogenated alkanes) is 2. The summed E-state index contributed by atoms with van der Waals surface area (Å²) in [5, 5.41) is 19.0. The molecule has 2 saturated heterocycles. The summed E-state index contributed by atoms with van der Waals surface area (Å²) in [6.45, 7) is 8.51. The van der Waals surface area contributed by atoms with Gasteiger partial charge in [0.05, 0.1) is 28.3 Å². The van der Waals surface area contributed by atoms with Crippen LogP contribution in [0, 0.1) is 11.3 Å². The number of amides is 5. The second-order valence-electron chi connectivity index (χ2n) is 16.3. The molecular weight excluding hydrogens is 735 g/mol. The van der Waals surface area contributed by atoms with E-state index in [2.05, 4.69) is 64.8 Å². The maximum Gasteiger partial charge on any atom is 0.264 e. The molecule has 2 fully saturated rings. The zero-order valence-electron chi connectivity index (χ0n) is 33.0. The van der Waals surface area contributed by atoms with Crippen LogP contribution in [0.15, 0.2) is 48.5 Å². The first-order valence-electron chi connectivity index (χ1n) is 20.3. The lowest BCUT2D eigenvalue weighted by atomic mass is 9.70. The number of benzene rings is 3. The van der Waals surface area contributed by atoms with E-state index in [0.717, 1.165) is 89.1 Å². The van der Waals surface area contributed by atoms with Crippen LogP contribution in [0.4, 0.5) is 11.4 Å². The zero-order valence-corrected chi connectivity index (χ0v) is 33.0. The van der Waals surface area contributed by atoms with E-state index in [-0.39, 0.29) is 41.7 Å². The lowest BCUT2D eigenvalue weighted by Gasteiger charge is -2.38. The van der Waals surface area contributed by atoms with Crippen molar-refractivity contribution >= 4 is 57.6 Å². The first-order valence-corrected chi connectivity index (χ1v) is 20.3. The van der Waals surface area contributed by atoms with Crippen LogP contribution in [0.5, 0.6) is 0 Å². The maximum atomic E-state index is 14.1. The summed E-state index contributed by atoms with van der Waals surface area (Å²) in [5.74, 6) is -2.10. The number of hydrogen-bond acceptors (Lipinski definition) is 9. The summed E-state index contributed by atoms with van der Waals surface area (Å²) in [6, 6.07) is 16.0. The minimum atomic E-state index is -1.01. The average molecular weight is 782 g/mol. The van der Waals surface area contributed by atoms with Gasteiger partial charge in [0.15, 0.2) is 5.78 Å². The molecule has 0 bridgehead atoms. The predicted octanol–water partition coefficient (Wildman–Crippen LogP) is 5.63. The van der Waals surface area contributed by atoms with E-state index in [1.54, 1.807) is 24.3 Å². The molecule has 8 rings (SSSR count). The Morgan fingerprint density at radius 2 is 1.72 bits per heavy atom. The van der Waals surface area contributed by atoms with Gasteiger partial charge >= 0.3 is 0 Å². The molecule has 1 unspecified atom stereocenters. The third-order valence-corrected chi connectivity index (χ3v) is 12.4. The molecule has 58 heavy (non-hydrogen) atoms. The molecule has 13 nitrogen and oxygen atoms in total. The van der Waals surface area contributed by atoms with Crippen molar-refractivity contribution in [3.63, 3.8) is 0 Å². The van der Waals surface area contributed by atoms with Gasteiger partial charge in [-0.05, 0) is 86.1 Å². The van der Waals surface area contributed by atoms with Gasteiger partial charge in [0.25, 0.3) is 11.8 Å². The Labute approximate surface area is 336 Å². The molecule has 1 atom stereocenters. The average Bonchev–Trinajstić information content (AvgIpc) is 3.73. The molecule has 3 aromatic carbocycles. The van der Waals surface area contributed by atoms with Crippen molar-refractivity contribution in [3.05, 3.63) is 93.2 Å². The minimum Gasteiger partial charge on any atom is -0.384 e. The maximum absolute atomic E-state index is 14.1. The smallest absolute Gasteiger partial charge is 0.264 e. The Morgan fingerprint density at radius 1 is 0.931 bits per heavy atom. The Morgan fingerprint density at radius 3 is 2.47 bits per heavy atom. The number of aromatic nitrogens is 1. The summed E-state index contributed by atoms with van der Waals surface area (Å²) in [7, 11) is 0. The summed E-state index contributed by atoms with van der Waals surface area (Å²) in [4.78, 5) is 84.4. The van der Waals surface area contributed by atoms with Crippen LogP contribution in [-0.4, -0.2) is 76.9 Å². The predicted molar refractivity (Wildman–Crippen MR) is 218 cm³/mol. The highest BCUT2D eigenvalue weighted by atomic mass is 16.2. The van der Waals surface area contributed by atoms with E-state index < -0.39 is 35.1 Å². The van der Waals surface area contributed by atoms with Gasteiger partial charge in [0.1, 0.15) is 6.04 Å². The number of fused-ring (bicyclic) bond motifs is 5. The quantitative estimate of drug-likeness (QED) is 0.111. The molecule has 4 aromatic rings. The first-order chi connectivity index (χ1) is 27.9. The molecule has 0 radical (unpaired) electrons. The fourth-order valence-corrected chi connectivity index (χ4v) is 9.19. The molecule has 0 saturated carbocycles. The van der Waals surface area contributed by atoms with Crippen molar-refractivity contribution in [1.82, 2.24) is 20.5 Å². The molecule has 1 aromatic heterocycles. The number of hydrogen-bond donors (Lipinski definition) is 4. The number of ketones is 1. The van der Waals surface area contributed by atoms with Crippen molar-refractivity contribution in [2.24, 2.45) is 0 Å². The number of piperidine rings is 2. The molecule has 13 heteroatoms. The zero-order chi connectivity index (χ0) is 40.9. The van der Waals surface area contributed by atoms with E-state index >= 15 is 0 Å². The number of nitriles is 1. The third-order valence-electron chi connectivity index (χ3n) is 12.4. The number of carbonyl (C=O) groups excluding carboxylic acids is 6. The fourth-order valence-electron chi connectivity index (χ4n) is 9.19. The van der Waals surface area contributed by atoms with Gasteiger partial charge in [-0.15, -0.1) is 0 Å². The topological polar surface area (TPSA) is 185 Å². The number of rotatable bonds is 11. The number of anilines is 2. The molecule has 1 aliphatic carbocycles. The summed E-state index contributed by atoms with van der Waals surface area (Å²) >= 11 is 0. The SMILES string of the molecule is CCc1cc2c(cc1N1CCC(NC(=O)CCCCCNc3cccc4c3C(=O)N(C3CCC(=O)NC3=O)C4=O)CC1)C(C)(C)c1[nH]c3cc(C#N)ccc3c1C2=O. The number of imide groups is 2. The number of nitrogens with one attached hydrogen (secondary N) is 4. The molecule has 298 valence electrons. The van der Waals surface area contributed by atoms with Crippen LogP contribution >= 0.6 is 0 Å². The number of carbonyl (C=O) groups is 6. The van der Waals surface area contributed by atoms with Crippen molar-refractivity contribution in [3.8, 4) is 6.07 Å². The molecule has 4 N–H and O–H groups in total. The van der Waals surface area contributed by atoms with Crippen LogP contribution in [0.1, 0.15) is 131 Å². The molecule has 4 aliphatic rings. The van der Waals surface area contributed by atoms with Crippen LogP contribution in [0.2, 0.25) is 0 Å². The van der Waals surface area contributed by atoms with Gasteiger partial charge in [0, 0.05) is 77.5 Å². The lowest BCUT2D eigenvalue weighted by molar-refractivity contribution is -0.136. The van der Waals surface area contributed by atoms with Crippen LogP contribution in [0.3, 0.4) is 0 Å². The van der Waals surface area contributed by atoms with E-state index in [9.17, 15) is 34.0 Å². The van der Waals surface area contributed by atoms with Gasteiger partial charge in [0.2, 0.25) is 17.7 Å². The Balaban J connectivity index is 0.819. The number of H-pyrrole nitrogens is 1. The second-order valence-corrected chi connectivity index (χ2v) is 16.3. The normalized spacial score (nSPS) is 18.8. The van der Waals surface area contributed by atoms with E-state index in [0.29, 0.717) is 36.2 Å². The van der Waals surface area contributed by atoms with Crippen LogP contribution < -0.4 is 20.9 Å². The van der Waals surface area contributed by atoms with E-state index in [1.165, 1.54) is 0 Å². The monoisotopic (exact) mass is 781 g/mol. The van der Waals surface area contributed by atoms with Gasteiger partial charge in [-0.3, -0.25) is 39.0 Å². The Kier molecular flexibility index (Phi) is 10.1. The molecule has 4 heterocycles. The van der Waals surface area contributed by atoms with Crippen LogP contribution in [0.25, 0.3) is 10.9 Å². The highest BCUT2D eigenvalue weighted by Crippen LogP contribution is 2.46. The summed E-state index contributed by atoms with van der Waals surface area (Å²) < 4.78 is 0. The second kappa shape index (κ2) is 15.2. The lowest BCUT2D eigenvalue weighted by Crippen LogP contribution is -2.54. The Hall–Kier alpha value is -6.29. The van der Waals surface area contributed by atoms with Crippen molar-refractivity contribution < 1.29 is 28.8 Å². The summed E-state index contributed by atoms with van der Waals surface area (Å²) in [6.07, 6.45) is 5.24. The standard InChI is InChI=1S/C45H47N7O6/c1-4-26-22-30-31(45(2,3)41-39(40(30)55)28-13-12-25(24-46)21-33(28)49-41)23-35(26)51-19-16-27(17-20-51)48-36(53)11-6-5-7-18-47-32-10-8-9-29-38(32)44(58)52(43(29)57)34-14-15-37(54)50-42(34)56/h8-10,12-13,21-23,27,34,47,49H,4-7,11,14-20H2,1-3H3,(H,48,53)(H,50,54,56). The largest absolute Gasteiger partial charge is 0.384 e. The van der Waals surface area contributed by atoms with Gasteiger partial charge in [-0.2, -0.15) is 5.26 Å². The highest BCUT2D eigenvalue weighted by molar-refractivity contribution is 6.25. The van der Waals surface area contributed by atoms with Crippen molar-refractivity contribution in [2.75, 3.05) is 29.9 Å². The van der Waals surface area contributed by atoms with Crippen molar-refractivity contribution in [2.45, 2.75) is 96.1 Å².